The molecule has 0 heterocycles. The molecule has 0 bridgehead atoms. The minimum atomic E-state index is -0.180. The molecule has 1 aromatic carbocycles. The molecule has 100 valence electrons. The second kappa shape index (κ2) is 6.03. The van der Waals surface area contributed by atoms with E-state index < -0.39 is 0 Å². The zero-order chi connectivity index (χ0) is 13.0. The molecule has 0 amide bonds. The zero-order valence-corrected chi connectivity index (χ0v) is 11.7. The Bertz CT molecular complexity index is 399. The Morgan fingerprint density at radius 1 is 1.28 bits per heavy atom. The number of benzene rings is 1. The first kappa shape index (κ1) is 13.8. The molecular formula is C15H21ClFN. The summed E-state index contributed by atoms with van der Waals surface area (Å²) < 4.78 is 13.5. The zero-order valence-electron chi connectivity index (χ0n) is 10.9. The molecule has 0 aliphatic heterocycles. The Labute approximate surface area is 114 Å². The van der Waals surface area contributed by atoms with Crippen LogP contribution in [0.2, 0.25) is 5.02 Å². The SMILES string of the molecule is CC1(CNCc2cc(Cl)ccc2F)CCCCC1. The maximum absolute atomic E-state index is 13.5. The summed E-state index contributed by atoms with van der Waals surface area (Å²) in [6.07, 6.45) is 6.56. The van der Waals surface area contributed by atoms with Crippen molar-refractivity contribution in [1.82, 2.24) is 5.32 Å². The van der Waals surface area contributed by atoms with E-state index in [-0.39, 0.29) is 5.82 Å². The van der Waals surface area contributed by atoms with E-state index in [4.69, 9.17) is 11.6 Å². The van der Waals surface area contributed by atoms with Gasteiger partial charge in [0.1, 0.15) is 5.82 Å². The van der Waals surface area contributed by atoms with E-state index in [9.17, 15) is 4.39 Å². The van der Waals surface area contributed by atoms with Crippen LogP contribution >= 0.6 is 11.6 Å². The Balaban J connectivity index is 1.86. The first-order valence-electron chi connectivity index (χ1n) is 6.74. The van der Waals surface area contributed by atoms with Crippen LogP contribution < -0.4 is 5.32 Å². The quantitative estimate of drug-likeness (QED) is 0.846. The molecule has 1 saturated carbocycles. The Kier molecular flexibility index (Phi) is 4.63. The topological polar surface area (TPSA) is 12.0 Å². The van der Waals surface area contributed by atoms with Gasteiger partial charge in [0.15, 0.2) is 0 Å². The molecule has 0 aromatic heterocycles. The fourth-order valence-electron chi connectivity index (χ4n) is 2.76. The molecule has 2 rings (SSSR count). The first-order chi connectivity index (χ1) is 8.59. The Hall–Kier alpha value is -0.600. The van der Waals surface area contributed by atoms with Crippen molar-refractivity contribution < 1.29 is 4.39 Å². The molecule has 1 aliphatic rings. The molecule has 1 aromatic rings. The monoisotopic (exact) mass is 269 g/mol. The predicted octanol–water partition coefficient (Wildman–Crippen LogP) is 4.54. The van der Waals surface area contributed by atoms with Gasteiger partial charge in [-0.1, -0.05) is 37.8 Å². The summed E-state index contributed by atoms with van der Waals surface area (Å²) in [4.78, 5) is 0. The van der Waals surface area contributed by atoms with Crippen LogP contribution in [-0.2, 0) is 6.54 Å². The molecule has 3 heteroatoms. The van der Waals surface area contributed by atoms with Gasteiger partial charge in [-0.05, 0) is 36.5 Å². The molecule has 1 fully saturated rings. The molecule has 0 atom stereocenters. The van der Waals surface area contributed by atoms with Crippen LogP contribution in [0.4, 0.5) is 4.39 Å². The van der Waals surface area contributed by atoms with E-state index in [0.29, 0.717) is 22.5 Å². The highest BCUT2D eigenvalue weighted by molar-refractivity contribution is 6.30. The minimum absolute atomic E-state index is 0.180. The van der Waals surface area contributed by atoms with Crippen molar-refractivity contribution in [2.45, 2.75) is 45.6 Å². The molecule has 0 spiro atoms. The maximum Gasteiger partial charge on any atom is 0.127 e. The van der Waals surface area contributed by atoms with E-state index in [1.54, 1.807) is 12.1 Å². The van der Waals surface area contributed by atoms with Crippen molar-refractivity contribution in [3.05, 3.63) is 34.6 Å². The molecule has 0 unspecified atom stereocenters. The van der Waals surface area contributed by atoms with Crippen LogP contribution in [0.3, 0.4) is 0 Å². The molecular weight excluding hydrogens is 249 g/mol. The molecule has 0 saturated heterocycles. The van der Waals surface area contributed by atoms with Crippen molar-refractivity contribution in [2.24, 2.45) is 5.41 Å². The van der Waals surface area contributed by atoms with E-state index in [0.717, 1.165) is 6.54 Å². The lowest BCUT2D eigenvalue weighted by Crippen LogP contribution is -2.33. The summed E-state index contributed by atoms with van der Waals surface area (Å²) in [5, 5.41) is 3.98. The average molecular weight is 270 g/mol. The third-order valence-electron chi connectivity index (χ3n) is 3.94. The van der Waals surface area contributed by atoms with Gasteiger partial charge < -0.3 is 5.32 Å². The highest BCUT2D eigenvalue weighted by atomic mass is 35.5. The van der Waals surface area contributed by atoms with Crippen molar-refractivity contribution >= 4 is 11.6 Å². The van der Waals surface area contributed by atoms with Crippen LogP contribution in [0.5, 0.6) is 0 Å². The first-order valence-corrected chi connectivity index (χ1v) is 7.12. The third kappa shape index (κ3) is 3.69. The maximum atomic E-state index is 13.5. The van der Waals surface area contributed by atoms with Crippen LogP contribution in [0.1, 0.15) is 44.6 Å². The van der Waals surface area contributed by atoms with Crippen LogP contribution in [0.25, 0.3) is 0 Å². The summed E-state index contributed by atoms with van der Waals surface area (Å²) in [6.45, 7) is 3.84. The largest absolute Gasteiger partial charge is 0.312 e. The second-order valence-corrected chi connectivity index (χ2v) is 6.15. The van der Waals surface area contributed by atoms with E-state index >= 15 is 0 Å². The minimum Gasteiger partial charge on any atom is -0.312 e. The van der Waals surface area contributed by atoms with Crippen molar-refractivity contribution in [3.63, 3.8) is 0 Å². The van der Waals surface area contributed by atoms with Gasteiger partial charge in [-0.25, -0.2) is 4.39 Å². The summed E-state index contributed by atoms with van der Waals surface area (Å²) in [6, 6.07) is 4.72. The summed E-state index contributed by atoms with van der Waals surface area (Å²) in [5.41, 5.74) is 1.04. The van der Waals surface area contributed by atoms with Crippen molar-refractivity contribution in [1.29, 1.82) is 0 Å². The highest BCUT2D eigenvalue weighted by Crippen LogP contribution is 2.35. The summed E-state index contributed by atoms with van der Waals surface area (Å²) in [5.74, 6) is -0.180. The lowest BCUT2D eigenvalue weighted by Gasteiger charge is -2.33. The molecule has 1 N–H and O–H groups in total. The lowest BCUT2D eigenvalue weighted by molar-refractivity contribution is 0.207. The average Bonchev–Trinajstić information content (AvgIpc) is 2.34. The summed E-state index contributed by atoms with van der Waals surface area (Å²) >= 11 is 5.88. The van der Waals surface area contributed by atoms with Gasteiger partial charge in [0.25, 0.3) is 0 Å². The Morgan fingerprint density at radius 3 is 2.72 bits per heavy atom. The molecule has 1 nitrogen and oxygen atoms in total. The molecule has 0 radical (unpaired) electrons. The van der Waals surface area contributed by atoms with Gasteiger partial charge in [0.05, 0.1) is 0 Å². The van der Waals surface area contributed by atoms with Gasteiger partial charge in [0.2, 0.25) is 0 Å². The lowest BCUT2D eigenvalue weighted by atomic mass is 9.76. The van der Waals surface area contributed by atoms with Gasteiger partial charge in [-0.3, -0.25) is 0 Å². The fraction of sp³-hybridized carbons (Fsp3) is 0.600. The second-order valence-electron chi connectivity index (χ2n) is 5.71. The van der Waals surface area contributed by atoms with Crippen molar-refractivity contribution in [3.8, 4) is 0 Å². The number of rotatable bonds is 4. The van der Waals surface area contributed by atoms with Gasteiger partial charge in [-0.15, -0.1) is 0 Å². The third-order valence-corrected chi connectivity index (χ3v) is 4.17. The standard InChI is InChI=1S/C15H21ClFN/c1-15(7-3-2-4-8-15)11-18-10-12-9-13(16)5-6-14(12)17/h5-6,9,18H,2-4,7-8,10-11H2,1H3. The molecule has 18 heavy (non-hydrogen) atoms. The number of hydrogen-bond donors (Lipinski definition) is 1. The van der Waals surface area contributed by atoms with Crippen molar-refractivity contribution in [2.75, 3.05) is 6.54 Å². The number of halogens is 2. The van der Waals surface area contributed by atoms with E-state index in [1.165, 1.54) is 38.2 Å². The van der Waals surface area contributed by atoms with Gasteiger partial charge in [0, 0.05) is 23.7 Å². The highest BCUT2D eigenvalue weighted by Gasteiger charge is 2.26. The predicted molar refractivity (Wildman–Crippen MR) is 74.3 cm³/mol. The van der Waals surface area contributed by atoms with E-state index in [2.05, 4.69) is 12.2 Å². The van der Waals surface area contributed by atoms with Crippen LogP contribution in [0.15, 0.2) is 18.2 Å². The fourth-order valence-corrected chi connectivity index (χ4v) is 2.95. The number of hydrogen-bond acceptors (Lipinski definition) is 1. The van der Waals surface area contributed by atoms with Gasteiger partial charge >= 0.3 is 0 Å². The normalized spacial score (nSPS) is 18.8. The van der Waals surface area contributed by atoms with E-state index in [1.807, 2.05) is 0 Å². The smallest absolute Gasteiger partial charge is 0.127 e. The summed E-state index contributed by atoms with van der Waals surface area (Å²) in [7, 11) is 0. The molecule has 1 aliphatic carbocycles. The number of nitrogens with one attached hydrogen (secondary N) is 1. The van der Waals surface area contributed by atoms with Gasteiger partial charge in [-0.2, -0.15) is 0 Å². The Morgan fingerprint density at radius 2 is 2.00 bits per heavy atom. The van der Waals surface area contributed by atoms with Crippen LogP contribution in [0, 0.1) is 11.2 Å². The van der Waals surface area contributed by atoms with Crippen LogP contribution in [-0.4, -0.2) is 6.54 Å².